The molecule has 0 saturated heterocycles. The topological polar surface area (TPSA) is 69.8 Å². The van der Waals surface area contributed by atoms with E-state index in [0.717, 1.165) is 26.7 Å². The molecule has 0 bridgehead atoms. The lowest BCUT2D eigenvalue weighted by Gasteiger charge is -2.08. The van der Waals surface area contributed by atoms with Gasteiger partial charge in [-0.15, -0.1) is 0 Å². The molecule has 0 atom stereocenters. The van der Waals surface area contributed by atoms with Crippen LogP contribution in [0.2, 0.25) is 0 Å². The number of halogens is 1. The highest BCUT2D eigenvalue weighted by Gasteiger charge is 2.06. The summed E-state index contributed by atoms with van der Waals surface area (Å²) in [5, 5.41) is 13.8. The molecule has 112 valence electrons. The Morgan fingerprint density at radius 1 is 1.18 bits per heavy atom. The number of benzene rings is 2. The van der Waals surface area contributed by atoms with Gasteiger partial charge >= 0.3 is 6.03 Å². The van der Waals surface area contributed by atoms with E-state index in [0.29, 0.717) is 6.54 Å². The van der Waals surface area contributed by atoms with Crippen molar-refractivity contribution in [3.05, 3.63) is 57.8 Å². The van der Waals surface area contributed by atoms with E-state index < -0.39 is 0 Å². The lowest BCUT2D eigenvalue weighted by Crippen LogP contribution is -2.30. The van der Waals surface area contributed by atoms with Crippen LogP contribution < -0.4 is 10.6 Å². The zero-order valence-corrected chi connectivity index (χ0v) is 13.9. The van der Waals surface area contributed by atoms with Crippen molar-refractivity contribution in [2.45, 2.75) is 6.42 Å². The van der Waals surface area contributed by atoms with Crippen LogP contribution in [-0.4, -0.2) is 22.8 Å². The summed E-state index contributed by atoms with van der Waals surface area (Å²) in [6, 6.07) is 15.5. The Bertz CT molecular complexity index is 785. The van der Waals surface area contributed by atoms with Gasteiger partial charge in [-0.05, 0) is 52.8 Å². The maximum Gasteiger partial charge on any atom is 0.319 e. The number of rotatable bonds is 4. The zero-order chi connectivity index (χ0) is 15.4. The summed E-state index contributed by atoms with van der Waals surface area (Å²) in [6.07, 6.45) is 0.812. The summed E-state index contributed by atoms with van der Waals surface area (Å²) in [4.78, 5) is 11.9. The van der Waals surface area contributed by atoms with E-state index in [1.54, 1.807) is 0 Å². The van der Waals surface area contributed by atoms with Gasteiger partial charge in [0.05, 0.1) is 5.52 Å². The second kappa shape index (κ2) is 6.78. The lowest BCUT2D eigenvalue weighted by atomic mass is 10.1. The van der Waals surface area contributed by atoms with Gasteiger partial charge in [-0.25, -0.2) is 4.79 Å². The molecular formula is C16H15IN4O. The molecule has 1 aromatic heterocycles. The molecule has 2 amide bonds. The third-order valence-corrected chi connectivity index (χ3v) is 4.13. The van der Waals surface area contributed by atoms with Crippen LogP contribution in [0.3, 0.4) is 0 Å². The smallest absolute Gasteiger partial charge is 0.319 e. The quantitative estimate of drug-likeness (QED) is 0.581. The molecule has 6 heteroatoms. The first-order valence-corrected chi connectivity index (χ1v) is 8.02. The highest BCUT2D eigenvalue weighted by atomic mass is 127. The SMILES string of the molecule is O=C(NCCc1ccccc1)Nc1ccc2n[nH]c(I)c2c1. The highest BCUT2D eigenvalue weighted by molar-refractivity contribution is 14.1. The maximum atomic E-state index is 11.9. The number of fused-ring (bicyclic) bond motifs is 1. The Labute approximate surface area is 141 Å². The Hall–Kier alpha value is -2.09. The van der Waals surface area contributed by atoms with E-state index in [1.807, 2.05) is 48.5 Å². The van der Waals surface area contributed by atoms with Crippen LogP contribution in [0.1, 0.15) is 5.56 Å². The fourth-order valence-corrected chi connectivity index (χ4v) is 2.75. The summed E-state index contributed by atoms with van der Waals surface area (Å²) >= 11 is 2.19. The number of carbonyl (C=O) groups is 1. The van der Waals surface area contributed by atoms with Crippen molar-refractivity contribution in [2.24, 2.45) is 0 Å². The lowest BCUT2D eigenvalue weighted by molar-refractivity contribution is 0.252. The number of aromatic amines is 1. The molecule has 0 saturated carbocycles. The number of hydrogen-bond donors (Lipinski definition) is 3. The summed E-state index contributed by atoms with van der Waals surface area (Å²) in [6.45, 7) is 0.599. The number of hydrogen-bond acceptors (Lipinski definition) is 2. The first-order chi connectivity index (χ1) is 10.7. The standard InChI is InChI=1S/C16H15IN4O/c17-15-13-10-12(6-7-14(13)20-21-15)19-16(22)18-9-8-11-4-2-1-3-5-11/h1-7,10H,8-9H2,(H,20,21)(H2,18,19,22). The molecule has 0 fully saturated rings. The van der Waals surface area contributed by atoms with E-state index in [9.17, 15) is 4.79 Å². The molecular weight excluding hydrogens is 391 g/mol. The summed E-state index contributed by atoms with van der Waals surface area (Å²) in [7, 11) is 0. The molecule has 5 nitrogen and oxygen atoms in total. The Kier molecular flexibility index (Phi) is 4.57. The van der Waals surface area contributed by atoms with Crippen molar-refractivity contribution >= 4 is 45.2 Å². The van der Waals surface area contributed by atoms with Crippen LogP contribution in [0.15, 0.2) is 48.5 Å². The number of amides is 2. The molecule has 0 aliphatic heterocycles. The molecule has 1 heterocycles. The fourth-order valence-electron chi connectivity index (χ4n) is 2.20. The van der Waals surface area contributed by atoms with Gasteiger partial charge in [0.2, 0.25) is 0 Å². The zero-order valence-electron chi connectivity index (χ0n) is 11.8. The minimum absolute atomic E-state index is 0.200. The average molecular weight is 406 g/mol. The predicted molar refractivity (Wildman–Crippen MR) is 96.0 cm³/mol. The molecule has 0 radical (unpaired) electrons. The normalized spacial score (nSPS) is 10.6. The van der Waals surface area contributed by atoms with Gasteiger partial charge in [0, 0.05) is 17.6 Å². The first-order valence-electron chi connectivity index (χ1n) is 6.95. The fraction of sp³-hybridized carbons (Fsp3) is 0.125. The van der Waals surface area contributed by atoms with Crippen LogP contribution in [0.25, 0.3) is 10.9 Å². The Morgan fingerprint density at radius 3 is 2.82 bits per heavy atom. The average Bonchev–Trinajstić information content (AvgIpc) is 2.89. The Morgan fingerprint density at radius 2 is 2.00 bits per heavy atom. The minimum Gasteiger partial charge on any atom is -0.338 e. The number of carbonyl (C=O) groups excluding carboxylic acids is 1. The van der Waals surface area contributed by atoms with Crippen molar-refractivity contribution in [3.63, 3.8) is 0 Å². The van der Waals surface area contributed by atoms with Crippen LogP contribution >= 0.6 is 22.6 Å². The van der Waals surface area contributed by atoms with Gasteiger partial charge in [0.15, 0.2) is 0 Å². The van der Waals surface area contributed by atoms with Gasteiger partial charge in [-0.1, -0.05) is 30.3 Å². The van der Waals surface area contributed by atoms with Gasteiger partial charge in [0.25, 0.3) is 0 Å². The number of H-pyrrole nitrogens is 1. The Balaban J connectivity index is 1.55. The number of urea groups is 1. The number of anilines is 1. The second-order valence-corrected chi connectivity index (χ2v) is 5.96. The van der Waals surface area contributed by atoms with Gasteiger partial charge in [-0.2, -0.15) is 5.10 Å². The van der Waals surface area contributed by atoms with Crippen molar-refractivity contribution in [3.8, 4) is 0 Å². The molecule has 3 rings (SSSR count). The number of nitrogens with one attached hydrogen (secondary N) is 3. The molecule has 0 aliphatic carbocycles. The predicted octanol–water partition coefficient (Wildman–Crippen LogP) is 3.53. The van der Waals surface area contributed by atoms with Crippen molar-refractivity contribution in [1.29, 1.82) is 0 Å². The first kappa shape index (κ1) is 14.8. The second-order valence-electron chi connectivity index (χ2n) is 4.89. The van der Waals surface area contributed by atoms with E-state index in [-0.39, 0.29) is 6.03 Å². The minimum atomic E-state index is -0.200. The maximum absolute atomic E-state index is 11.9. The van der Waals surface area contributed by atoms with Crippen molar-refractivity contribution in [1.82, 2.24) is 15.5 Å². The summed E-state index contributed by atoms with van der Waals surface area (Å²) < 4.78 is 0.959. The molecule has 3 N–H and O–H groups in total. The molecule has 0 unspecified atom stereocenters. The van der Waals surface area contributed by atoms with E-state index in [1.165, 1.54) is 5.56 Å². The third kappa shape index (κ3) is 3.56. The van der Waals surface area contributed by atoms with Crippen LogP contribution in [0, 0.1) is 3.70 Å². The van der Waals surface area contributed by atoms with Gasteiger partial charge in [-0.3, -0.25) is 5.10 Å². The van der Waals surface area contributed by atoms with Gasteiger partial charge < -0.3 is 10.6 Å². The third-order valence-electron chi connectivity index (χ3n) is 3.31. The van der Waals surface area contributed by atoms with Crippen LogP contribution in [0.5, 0.6) is 0 Å². The van der Waals surface area contributed by atoms with E-state index in [4.69, 9.17) is 0 Å². The van der Waals surface area contributed by atoms with E-state index >= 15 is 0 Å². The molecule has 0 aliphatic rings. The number of aromatic nitrogens is 2. The summed E-state index contributed by atoms with van der Waals surface area (Å²) in [5.74, 6) is 0. The largest absolute Gasteiger partial charge is 0.338 e. The van der Waals surface area contributed by atoms with Crippen LogP contribution in [-0.2, 0) is 6.42 Å². The number of nitrogens with zero attached hydrogens (tertiary/aromatic N) is 1. The summed E-state index contributed by atoms with van der Waals surface area (Å²) in [5.41, 5.74) is 2.85. The van der Waals surface area contributed by atoms with Crippen molar-refractivity contribution < 1.29 is 4.79 Å². The van der Waals surface area contributed by atoms with Crippen molar-refractivity contribution in [2.75, 3.05) is 11.9 Å². The monoisotopic (exact) mass is 406 g/mol. The molecule has 0 spiro atoms. The van der Waals surface area contributed by atoms with Gasteiger partial charge in [0.1, 0.15) is 3.70 Å². The molecule has 2 aromatic carbocycles. The van der Waals surface area contributed by atoms with Crippen LogP contribution in [0.4, 0.5) is 10.5 Å². The highest BCUT2D eigenvalue weighted by Crippen LogP contribution is 2.21. The molecule has 3 aromatic rings. The van der Waals surface area contributed by atoms with E-state index in [2.05, 4.69) is 43.4 Å². The molecule has 22 heavy (non-hydrogen) atoms.